The first-order valence-electron chi connectivity index (χ1n) is 9.56. The van der Waals surface area contributed by atoms with E-state index in [9.17, 15) is 22.8 Å². The van der Waals surface area contributed by atoms with E-state index >= 15 is 0 Å². The Bertz CT molecular complexity index is 993. The molecule has 7 nitrogen and oxygen atoms in total. The Hall–Kier alpha value is -3.26. The number of hydrogen-bond acceptors (Lipinski definition) is 6. The minimum atomic E-state index is -4.79. The van der Waals surface area contributed by atoms with Crippen LogP contribution in [0.2, 0.25) is 0 Å². The maximum atomic E-state index is 12.2. The summed E-state index contributed by atoms with van der Waals surface area (Å²) < 4.78 is 45.5. The van der Waals surface area contributed by atoms with Crippen molar-refractivity contribution < 1.29 is 32.2 Å². The number of hydrogen-bond donors (Lipinski definition) is 2. The fourth-order valence-electron chi connectivity index (χ4n) is 2.88. The number of carbonyl (C=O) groups is 2. The van der Waals surface area contributed by atoms with E-state index in [1.165, 1.54) is 23.5 Å². The average Bonchev–Trinajstić information content (AvgIpc) is 3.18. The van der Waals surface area contributed by atoms with E-state index in [4.69, 9.17) is 16.9 Å². The summed E-state index contributed by atoms with van der Waals surface area (Å²) in [6, 6.07) is 4.63. The highest BCUT2D eigenvalue weighted by molar-refractivity contribution is 7.12. The first-order chi connectivity index (χ1) is 15.0. The minimum absolute atomic E-state index is 0.0274. The predicted molar refractivity (Wildman–Crippen MR) is 112 cm³/mol. The number of nitrogens with zero attached hydrogens (tertiary/aromatic N) is 1. The molecule has 0 atom stereocenters. The SMILES string of the molecule is C#CC(CC)(CC)c1sc(CNC(=O)COc2ccc(OC(F)(F)F)cc2)nc1C(N)=O. The van der Waals surface area contributed by atoms with Crippen molar-refractivity contribution in [3.05, 3.63) is 39.8 Å². The van der Waals surface area contributed by atoms with E-state index in [1.807, 2.05) is 13.8 Å². The zero-order valence-corrected chi connectivity index (χ0v) is 18.2. The normalized spacial score (nSPS) is 11.5. The molecule has 0 aliphatic rings. The number of carbonyl (C=O) groups excluding carboxylic acids is 2. The van der Waals surface area contributed by atoms with Crippen LogP contribution in [-0.4, -0.2) is 29.8 Å². The van der Waals surface area contributed by atoms with Crippen LogP contribution in [0, 0.1) is 12.3 Å². The summed E-state index contributed by atoms with van der Waals surface area (Å²) in [7, 11) is 0. The van der Waals surface area contributed by atoms with Crippen molar-refractivity contribution >= 4 is 23.2 Å². The zero-order valence-electron chi connectivity index (χ0n) is 17.4. The lowest BCUT2D eigenvalue weighted by molar-refractivity contribution is -0.274. The van der Waals surface area contributed by atoms with Gasteiger partial charge in [0.05, 0.1) is 16.8 Å². The van der Waals surface area contributed by atoms with Gasteiger partial charge in [-0.15, -0.1) is 30.9 Å². The summed E-state index contributed by atoms with van der Waals surface area (Å²) in [6.07, 6.45) is 2.12. The van der Waals surface area contributed by atoms with Crippen molar-refractivity contribution in [2.24, 2.45) is 5.73 Å². The predicted octanol–water partition coefficient (Wildman–Crippen LogP) is 3.53. The largest absolute Gasteiger partial charge is 0.573 e. The molecule has 1 aromatic heterocycles. The smallest absolute Gasteiger partial charge is 0.484 e. The average molecular weight is 469 g/mol. The van der Waals surface area contributed by atoms with Gasteiger partial charge in [-0.3, -0.25) is 9.59 Å². The molecule has 0 saturated heterocycles. The number of amides is 2. The molecule has 172 valence electrons. The number of benzene rings is 1. The van der Waals surface area contributed by atoms with Gasteiger partial charge in [0.1, 0.15) is 22.2 Å². The van der Waals surface area contributed by atoms with Gasteiger partial charge < -0.3 is 20.5 Å². The van der Waals surface area contributed by atoms with Gasteiger partial charge in [-0.1, -0.05) is 19.8 Å². The summed E-state index contributed by atoms with van der Waals surface area (Å²) in [5.41, 5.74) is 4.88. The second-order valence-corrected chi connectivity index (χ2v) is 7.75. The van der Waals surface area contributed by atoms with E-state index in [1.54, 1.807) is 0 Å². The number of halogens is 3. The highest BCUT2D eigenvalue weighted by Crippen LogP contribution is 2.37. The van der Waals surface area contributed by atoms with E-state index in [2.05, 4.69) is 21.0 Å². The Labute approximate surface area is 187 Å². The molecular weight excluding hydrogens is 447 g/mol. The topological polar surface area (TPSA) is 104 Å². The monoisotopic (exact) mass is 469 g/mol. The van der Waals surface area contributed by atoms with Crippen molar-refractivity contribution in [1.82, 2.24) is 10.3 Å². The lowest BCUT2D eigenvalue weighted by Crippen LogP contribution is -2.28. The third kappa shape index (κ3) is 6.37. The standard InChI is InChI=1S/C21H22F3N3O4S/c1-4-20(5-2,6-3)18-17(19(25)29)27-16(32-18)11-26-15(28)12-30-13-7-9-14(10-8-13)31-21(22,23)24/h1,7-10H,5-6,11-12H2,2-3H3,(H2,25,29)(H,26,28). The molecular formula is C21H22F3N3O4S. The molecule has 32 heavy (non-hydrogen) atoms. The molecule has 2 aromatic rings. The van der Waals surface area contributed by atoms with E-state index in [0.29, 0.717) is 22.7 Å². The highest BCUT2D eigenvalue weighted by Gasteiger charge is 2.34. The Morgan fingerprint density at radius 2 is 1.78 bits per heavy atom. The minimum Gasteiger partial charge on any atom is -0.484 e. The summed E-state index contributed by atoms with van der Waals surface area (Å²) in [5.74, 6) is 1.34. The van der Waals surface area contributed by atoms with Gasteiger partial charge in [-0.2, -0.15) is 0 Å². The van der Waals surface area contributed by atoms with Crippen molar-refractivity contribution in [3.8, 4) is 23.8 Å². The van der Waals surface area contributed by atoms with Gasteiger partial charge >= 0.3 is 6.36 Å². The van der Waals surface area contributed by atoms with E-state index in [0.717, 1.165) is 12.1 Å². The second kappa shape index (κ2) is 10.4. The van der Waals surface area contributed by atoms with Crippen LogP contribution < -0.4 is 20.5 Å². The molecule has 0 saturated carbocycles. The van der Waals surface area contributed by atoms with Crippen molar-refractivity contribution in [2.75, 3.05) is 6.61 Å². The fourth-order valence-corrected chi connectivity index (χ4v) is 4.19. The van der Waals surface area contributed by atoms with Crippen LogP contribution in [0.15, 0.2) is 24.3 Å². The Morgan fingerprint density at radius 3 is 2.28 bits per heavy atom. The first-order valence-corrected chi connectivity index (χ1v) is 10.4. The number of nitrogens with two attached hydrogens (primary N) is 1. The lowest BCUT2D eigenvalue weighted by atomic mass is 9.81. The van der Waals surface area contributed by atoms with Crippen LogP contribution in [0.5, 0.6) is 11.5 Å². The number of nitrogens with one attached hydrogen (secondary N) is 1. The third-order valence-electron chi connectivity index (χ3n) is 4.69. The zero-order chi connectivity index (χ0) is 23.9. The molecule has 0 bridgehead atoms. The van der Waals surface area contributed by atoms with Crippen molar-refractivity contribution in [2.45, 2.75) is 45.0 Å². The number of alkyl halides is 3. The Balaban J connectivity index is 1.98. The molecule has 3 N–H and O–H groups in total. The van der Waals surface area contributed by atoms with Crippen LogP contribution in [-0.2, 0) is 16.8 Å². The van der Waals surface area contributed by atoms with E-state index < -0.39 is 29.3 Å². The number of primary amides is 1. The molecule has 2 rings (SSSR count). The quantitative estimate of drug-likeness (QED) is 0.518. The number of thiazole rings is 1. The number of rotatable bonds is 10. The van der Waals surface area contributed by atoms with Crippen LogP contribution in [0.1, 0.15) is 47.1 Å². The maximum absolute atomic E-state index is 12.2. The molecule has 0 fully saturated rings. The Kier molecular flexibility index (Phi) is 8.10. The molecule has 0 aliphatic heterocycles. The van der Waals surface area contributed by atoms with Gasteiger partial charge in [0.25, 0.3) is 11.8 Å². The van der Waals surface area contributed by atoms with Gasteiger partial charge in [0, 0.05) is 0 Å². The van der Waals surface area contributed by atoms with Crippen LogP contribution in [0.25, 0.3) is 0 Å². The fraction of sp³-hybridized carbons (Fsp3) is 0.381. The van der Waals surface area contributed by atoms with Gasteiger partial charge in [0.2, 0.25) is 0 Å². The van der Waals surface area contributed by atoms with Crippen molar-refractivity contribution in [1.29, 1.82) is 0 Å². The molecule has 0 aliphatic carbocycles. The van der Waals surface area contributed by atoms with E-state index in [-0.39, 0.29) is 24.6 Å². The second-order valence-electron chi connectivity index (χ2n) is 6.67. The molecule has 2 amide bonds. The molecule has 0 radical (unpaired) electrons. The van der Waals surface area contributed by atoms with Gasteiger partial charge in [-0.05, 0) is 37.1 Å². The number of ether oxygens (including phenoxy) is 2. The summed E-state index contributed by atoms with van der Waals surface area (Å²) in [5, 5.41) is 3.06. The lowest BCUT2D eigenvalue weighted by Gasteiger charge is -2.24. The number of terminal acetylenes is 1. The summed E-state index contributed by atoms with van der Waals surface area (Å²) >= 11 is 1.22. The maximum Gasteiger partial charge on any atom is 0.573 e. The van der Waals surface area contributed by atoms with Crippen LogP contribution in [0.3, 0.4) is 0 Å². The third-order valence-corrected chi connectivity index (χ3v) is 5.95. The molecule has 1 heterocycles. The Morgan fingerprint density at radius 1 is 1.19 bits per heavy atom. The number of aromatic nitrogens is 1. The highest BCUT2D eigenvalue weighted by atomic mass is 32.1. The van der Waals surface area contributed by atoms with Gasteiger partial charge in [-0.25, -0.2) is 4.98 Å². The van der Waals surface area contributed by atoms with Crippen molar-refractivity contribution in [3.63, 3.8) is 0 Å². The van der Waals surface area contributed by atoms with Crippen LogP contribution >= 0.6 is 11.3 Å². The van der Waals surface area contributed by atoms with Crippen LogP contribution in [0.4, 0.5) is 13.2 Å². The molecule has 0 spiro atoms. The first kappa shape index (κ1) is 25.0. The molecule has 0 unspecified atom stereocenters. The molecule has 1 aromatic carbocycles. The summed E-state index contributed by atoms with van der Waals surface area (Å²) in [4.78, 5) is 28.8. The van der Waals surface area contributed by atoms with Gasteiger partial charge in [0.15, 0.2) is 6.61 Å². The molecule has 11 heteroatoms. The summed E-state index contributed by atoms with van der Waals surface area (Å²) in [6.45, 7) is 3.47.